The molecule has 102 valence electrons. The number of imidazole rings is 1. The molecule has 0 bridgehead atoms. The fourth-order valence-electron chi connectivity index (χ4n) is 2.39. The minimum absolute atomic E-state index is 0.667. The van der Waals surface area contributed by atoms with Gasteiger partial charge >= 0.3 is 0 Å². The largest absolute Gasteiger partial charge is 0.381 e. The van der Waals surface area contributed by atoms with E-state index in [1.165, 1.54) is 18.5 Å². The molecule has 1 aliphatic heterocycles. The number of anilines is 1. The molecule has 1 atom stereocenters. The van der Waals surface area contributed by atoms with Crippen LogP contribution in [0.3, 0.4) is 0 Å². The molecule has 1 aromatic rings. The van der Waals surface area contributed by atoms with Crippen LogP contribution in [0.15, 0.2) is 6.20 Å². The smallest absolute Gasteiger partial charge is 0.204 e. The molecule has 1 aliphatic rings. The van der Waals surface area contributed by atoms with Crippen LogP contribution in [0.5, 0.6) is 0 Å². The standard InChI is InChI=1S/C13H24N4O/c1-16(2)13-15-9-12(17(13)3)8-14-7-11-5-4-6-18-10-11/h9,11,14H,4-8,10H2,1-3H3. The van der Waals surface area contributed by atoms with Gasteiger partial charge in [0.05, 0.1) is 18.5 Å². The molecule has 0 aliphatic carbocycles. The summed E-state index contributed by atoms with van der Waals surface area (Å²) in [5.74, 6) is 1.66. The van der Waals surface area contributed by atoms with E-state index in [4.69, 9.17) is 4.74 Å². The van der Waals surface area contributed by atoms with Crippen LogP contribution >= 0.6 is 0 Å². The maximum absolute atomic E-state index is 5.48. The molecule has 2 heterocycles. The summed E-state index contributed by atoms with van der Waals surface area (Å²) >= 11 is 0. The third-order valence-corrected chi connectivity index (χ3v) is 3.45. The third-order valence-electron chi connectivity index (χ3n) is 3.45. The Morgan fingerprint density at radius 2 is 2.39 bits per heavy atom. The molecular formula is C13H24N4O. The Labute approximate surface area is 109 Å². The van der Waals surface area contributed by atoms with E-state index in [9.17, 15) is 0 Å². The van der Waals surface area contributed by atoms with Gasteiger partial charge in [0.2, 0.25) is 5.95 Å². The zero-order chi connectivity index (χ0) is 13.0. The van der Waals surface area contributed by atoms with Gasteiger partial charge in [0.15, 0.2) is 0 Å². The Hall–Kier alpha value is -1.07. The molecule has 0 saturated carbocycles. The van der Waals surface area contributed by atoms with E-state index in [1.807, 2.05) is 25.2 Å². The van der Waals surface area contributed by atoms with E-state index < -0.39 is 0 Å². The van der Waals surface area contributed by atoms with E-state index in [0.29, 0.717) is 5.92 Å². The molecular weight excluding hydrogens is 228 g/mol. The first-order chi connectivity index (χ1) is 8.68. The Morgan fingerprint density at radius 1 is 1.56 bits per heavy atom. The summed E-state index contributed by atoms with van der Waals surface area (Å²) in [6, 6.07) is 0. The molecule has 1 aromatic heterocycles. The van der Waals surface area contributed by atoms with Gasteiger partial charge in [-0.15, -0.1) is 0 Å². The Bertz CT molecular complexity index is 369. The molecule has 5 heteroatoms. The van der Waals surface area contributed by atoms with Crippen LogP contribution in [0.2, 0.25) is 0 Å². The van der Waals surface area contributed by atoms with Crippen molar-refractivity contribution in [3.63, 3.8) is 0 Å². The van der Waals surface area contributed by atoms with Gasteiger partial charge in [-0.25, -0.2) is 4.98 Å². The zero-order valence-electron chi connectivity index (χ0n) is 11.6. The van der Waals surface area contributed by atoms with Gasteiger partial charge in [-0.2, -0.15) is 0 Å². The van der Waals surface area contributed by atoms with Gasteiger partial charge in [0, 0.05) is 40.8 Å². The molecule has 0 amide bonds. The fourth-order valence-corrected chi connectivity index (χ4v) is 2.39. The SMILES string of the molecule is CN(C)c1ncc(CNCC2CCCOC2)n1C. The summed E-state index contributed by atoms with van der Waals surface area (Å²) in [7, 11) is 6.08. The predicted octanol–water partition coefficient (Wildman–Crippen LogP) is 1.00. The lowest BCUT2D eigenvalue weighted by atomic mass is 10.0. The number of nitrogens with one attached hydrogen (secondary N) is 1. The van der Waals surface area contributed by atoms with Crippen LogP contribution in [0.4, 0.5) is 5.95 Å². The molecule has 0 spiro atoms. The first kappa shape index (κ1) is 13.4. The summed E-state index contributed by atoms with van der Waals surface area (Å²) in [6.07, 6.45) is 4.42. The first-order valence-corrected chi connectivity index (χ1v) is 6.65. The molecule has 2 rings (SSSR count). The van der Waals surface area contributed by atoms with E-state index in [-0.39, 0.29) is 0 Å². The van der Waals surface area contributed by atoms with Crippen molar-refractivity contribution in [2.24, 2.45) is 13.0 Å². The highest BCUT2D eigenvalue weighted by Crippen LogP contribution is 2.13. The van der Waals surface area contributed by atoms with Gasteiger partial charge in [-0.1, -0.05) is 0 Å². The number of ether oxygens (including phenoxy) is 1. The summed E-state index contributed by atoms with van der Waals surface area (Å²) in [4.78, 5) is 6.43. The van der Waals surface area contributed by atoms with Gasteiger partial charge < -0.3 is 19.5 Å². The maximum atomic E-state index is 5.48. The second-order valence-corrected chi connectivity index (χ2v) is 5.22. The molecule has 1 N–H and O–H groups in total. The highest BCUT2D eigenvalue weighted by molar-refractivity contribution is 5.30. The summed E-state index contributed by atoms with van der Waals surface area (Å²) in [5, 5.41) is 3.51. The lowest BCUT2D eigenvalue weighted by Gasteiger charge is -2.22. The van der Waals surface area contributed by atoms with E-state index in [1.54, 1.807) is 0 Å². The number of nitrogens with zero attached hydrogens (tertiary/aromatic N) is 3. The topological polar surface area (TPSA) is 42.3 Å². The van der Waals surface area contributed by atoms with Gasteiger partial charge in [0.25, 0.3) is 0 Å². The Balaban J connectivity index is 1.79. The summed E-state index contributed by atoms with van der Waals surface area (Å²) in [5.41, 5.74) is 1.22. The quantitative estimate of drug-likeness (QED) is 0.849. The van der Waals surface area contributed by atoms with Crippen molar-refractivity contribution in [1.29, 1.82) is 0 Å². The highest BCUT2D eigenvalue weighted by Gasteiger charge is 2.14. The van der Waals surface area contributed by atoms with Crippen molar-refractivity contribution < 1.29 is 4.74 Å². The van der Waals surface area contributed by atoms with Crippen molar-refractivity contribution >= 4 is 5.95 Å². The van der Waals surface area contributed by atoms with Crippen molar-refractivity contribution in [2.45, 2.75) is 19.4 Å². The van der Waals surface area contributed by atoms with Crippen LogP contribution in [-0.2, 0) is 18.3 Å². The van der Waals surface area contributed by atoms with Crippen LogP contribution < -0.4 is 10.2 Å². The van der Waals surface area contributed by atoms with E-state index in [2.05, 4.69) is 21.9 Å². The minimum atomic E-state index is 0.667. The number of hydrogen-bond donors (Lipinski definition) is 1. The summed E-state index contributed by atoms with van der Waals surface area (Å²) < 4.78 is 7.61. The average molecular weight is 252 g/mol. The molecule has 1 fully saturated rings. The Morgan fingerprint density at radius 3 is 3.00 bits per heavy atom. The van der Waals surface area contributed by atoms with Gasteiger partial charge in [-0.3, -0.25) is 0 Å². The normalized spacial score (nSPS) is 20.1. The van der Waals surface area contributed by atoms with Gasteiger partial charge in [-0.05, 0) is 18.8 Å². The molecule has 1 saturated heterocycles. The Kier molecular flexibility index (Phi) is 4.60. The molecule has 1 unspecified atom stereocenters. The van der Waals surface area contributed by atoms with Crippen LogP contribution in [0.1, 0.15) is 18.5 Å². The summed E-state index contributed by atoms with van der Waals surface area (Å²) in [6.45, 7) is 3.74. The highest BCUT2D eigenvalue weighted by atomic mass is 16.5. The zero-order valence-corrected chi connectivity index (χ0v) is 11.6. The fraction of sp³-hybridized carbons (Fsp3) is 0.769. The number of hydrogen-bond acceptors (Lipinski definition) is 4. The lowest BCUT2D eigenvalue weighted by Crippen LogP contribution is -2.29. The van der Waals surface area contributed by atoms with Gasteiger partial charge in [0.1, 0.15) is 0 Å². The number of aromatic nitrogens is 2. The minimum Gasteiger partial charge on any atom is -0.381 e. The third kappa shape index (κ3) is 3.23. The molecule has 0 aromatic carbocycles. The second-order valence-electron chi connectivity index (χ2n) is 5.22. The molecule has 5 nitrogen and oxygen atoms in total. The van der Waals surface area contributed by atoms with Crippen LogP contribution in [0, 0.1) is 5.92 Å². The molecule has 18 heavy (non-hydrogen) atoms. The van der Waals surface area contributed by atoms with Crippen LogP contribution in [-0.4, -0.2) is 43.4 Å². The second kappa shape index (κ2) is 6.20. The van der Waals surface area contributed by atoms with E-state index in [0.717, 1.165) is 32.3 Å². The van der Waals surface area contributed by atoms with E-state index >= 15 is 0 Å². The van der Waals surface area contributed by atoms with Crippen molar-refractivity contribution in [1.82, 2.24) is 14.9 Å². The predicted molar refractivity (Wildman–Crippen MR) is 72.8 cm³/mol. The molecule has 0 radical (unpaired) electrons. The van der Waals surface area contributed by atoms with Crippen molar-refractivity contribution in [2.75, 3.05) is 38.8 Å². The monoisotopic (exact) mass is 252 g/mol. The van der Waals surface area contributed by atoms with Crippen LogP contribution in [0.25, 0.3) is 0 Å². The van der Waals surface area contributed by atoms with Crippen molar-refractivity contribution in [3.8, 4) is 0 Å². The van der Waals surface area contributed by atoms with Crippen molar-refractivity contribution in [3.05, 3.63) is 11.9 Å². The first-order valence-electron chi connectivity index (χ1n) is 6.65. The lowest BCUT2D eigenvalue weighted by molar-refractivity contribution is 0.0547. The maximum Gasteiger partial charge on any atom is 0.204 e. The number of rotatable bonds is 5. The average Bonchev–Trinajstić information content (AvgIpc) is 2.73.